The molecule has 0 aromatic carbocycles. The average Bonchev–Trinajstić information content (AvgIpc) is 2.03. The summed E-state index contributed by atoms with van der Waals surface area (Å²) in [5.41, 5.74) is 0. The molecule has 0 amide bonds. The molecule has 0 bridgehead atoms. The number of thioether (sulfide) groups is 1. The number of pyridine rings is 1. The van der Waals surface area contributed by atoms with Gasteiger partial charge in [0.1, 0.15) is 7.05 Å². The minimum atomic E-state index is 0.970. The van der Waals surface area contributed by atoms with Crippen molar-refractivity contribution in [2.45, 2.75) is 5.03 Å². The van der Waals surface area contributed by atoms with E-state index >= 15 is 0 Å². The lowest BCUT2D eigenvalue weighted by molar-refractivity contribution is -0.708. The molecule has 11 heavy (non-hydrogen) atoms. The number of aromatic nitrogens is 1. The van der Waals surface area contributed by atoms with E-state index in [9.17, 15) is 0 Å². The van der Waals surface area contributed by atoms with Crippen LogP contribution in [0.1, 0.15) is 0 Å². The predicted octanol–water partition coefficient (Wildman–Crippen LogP) is 1.79. The minimum absolute atomic E-state index is 0.970. The number of hydrogen-bond donors (Lipinski definition) is 0. The van der Waals surface area contributed by atoms with Gasteiger partial charge in [0.15, 0.2) is 6.20 Å². The third-order valence-electron chi connectivity index (χ3n) is 1.36. The first kappa shape index (κ1) is 8.34. The Morgan fingerprint density at radius 1 is 1.64 bits per heavy atom. The summed E-state index contributed by atoms with van der Waals surface area (Å²) in [5, 5.41) is 1.27. The highest BCUT2D eigenvalue weighted by Gasteiger charge is 2.01. The van der Waals surface area contributed by atoms with Crippen molar-refractivity contribution in [2.24, 2.45) is 7.05 Å². The fourth-order valence-corrected chi connectivity index (χ4v) is 1.53. The van der Waals surface area contributed by atoms with Crippen molar-refractivity contribution in [1.82, 2.24) is 0 Å². The van der Waals surface area contributed by atoms with E-state index in [1.165, 1.54) is 5.03 Å². The maximum atomic E-state index is 3.68. The van der Waals surface area contributed by atoms with Crippen molar-refractivity contribution in [1.29, 1.82) is 0 Å². The van der Waals surface area contributed by atoms with E-state index < -0.39 is 0 Å². The highest BCUT2D eigenvalue weighted by atomic mass is 32.2. The lowest BCUT2D eigenvalue weighted by atomic mass is 10.5. The normalized spacial score (nSPS) is 9.55. The first-order chi connectivity index (χ1) is 5.34. The van der Waals surface area contributed by atoms with Gasteiger partial charge in [0.2, 0.25) is 5.03 Å². The molecule has 0 aliphatic heterocycles. The summed E-state index contributed by atoms with van der Waals surface area (Å²) in [5.74, 6) is 0.970. The van der Waals surface area contributed by atoms with Crippen molar-refractivity contribution in [3.05, 3.63) is 37.1 Å². The molecule has 0 fully saturated rings. The third kappa shape index (κ3) is 2.39. The van der Waals surface area contributed by atoms with E-state index in [0.29, 0.717) is 0 Å². The van der Waals surface area contributed by atoms with Crippen LogP contribution in [0.15, 0.2) is 42.1 Å². The molecule has 0 aliphatic rings. The van der Waals surface area contributed by atoms with Crippen molar-refractivity contribution in [2.75, 3.05) is 5.75 Å². The maximum absolute atomic E-state index is 3.68. The fourth-order valence-electron chi connectivity index (χ4n) is 0.802. The Morgan fingerprint density at radius 2 is 2.45 bits per heavy atom. The summed E-state index contributed by atoms with van der Waals surface area (Å²) in [6, 6.07) is 6.18. The molecular weight excluding hydrogens is 154 g/mol. The molecule has 0 N–H and O–H groups in total. The highest BCUT2D eigenvalue weighted by molar-refractivity contribution is 7.99. The maximum Gasteiger partial charge on any atom is 0.240 e. The van der Waals surface area contributed by atoms with Crippen molar-refractivity contribution < 1.29 is 4.57 Å². The van der Waals surface area contributed by atoms with Crippen LogP contribution in [0, 0.1) is 0 Å². The number of hydrogen-bond acceptors (Lipinski definition) is 1. The van der Waals surface area contributed by atoms with Gasteiger partial charge in [0.25, 0.3) is 0 Å². The summed E-state index contributed by atoms with van der Waals surface area (Å²) in [6.45, 7) is 3.68. The molecular formula is C9H12NS+. The Hall–Kier alpha value is -0.760. The lowest BCUT2D eigenvalue weighted by Gasteiger charge is -1.94. The second kappa shape index (κ2) is 4.19. The molecule has 0 radical (unpaired) electrons. The van der Waals surface area contributed by atoms with Gasteiger partial charge in [-0.3, -0.25) is 0 Å². The number of nitrogens with zero attached hydrogens (tertiary/aromatic N) is 1. The molecule has 0 saturated heterocycles. The van der Waals surface area contributed by atoms with Gasteiger partial charge in [-0.2, -0.15) is 4.57 Å². The molecule has 1 nitrogen and oxygen atoms in total. The van der Waals surface area contributed by atoms with E-state index in [-0.39, 0.29) is 0 Å². The van der Waals surface area contributed by atoms with E-state index in [4.69, 9.17) is 0 Å². The van der Waals surface area contributed by atoms with Crippen LogP contribution in [-0.4, -0.2) is 5.75 Å². The third-order valence-corrected chi connectivity index (χ3v) is 2.48. The Morgan fingerprint density at radius 3 is 3.09 bits per heavy atom. The van der Waals surface area contributed by atoms with E-state index in [0.717, 1.165) is 5.75 Å². The first-order valence-electron chi connectivity index (χ1n) is 3.53. The fraction of sp³-hybridized carbons (Fsp3) is 0.222. The molecule has 0 atom stereocenters. The van der Waals surface area contributed by atoms with Gasteiger partial charge in [0.05, 0.1) is 0 Å². The summed E-state index contributed by atoms with van der Waals surface area (Å²) in [7, 11) is 2.05. The van der Waals surface area contributed by atoms with Crippen LogP contribution >= 0.6 is 11.8 Å². The van der Waals surface area contributed by atoms with Gasteiger partial charge in [-0.05, 0) is 6.07 Å². The second-order valence-corrected chi connectivity index (χ2v) is 3.29. The van der Waals surface area contributed by atoms with Crippen LogP contribution in [0.4, 0.5) is 0 Å². The van der Waals surface area contributed by atoms with Crippen LogP contribution < -0.4 is 4.57 Å². The van der Waals surface area contributed by atoms with Crippen LogP contribution in [0.2, 0.25) is 0 Å². The smallest absolute Gasteiger partial charge is 0.196 e. The van der Waals surface area contributed by atoms with E-state index in [1.807, 2.05) is 31.5 Å². The number of rotatable bonds is 3. The number of aryl methyl sites for hydroxylation is 1. The zero-order chi connectivity index (χ0) is 8.10. The minimum Gasteiger partial charge on any atom is -0.196 e. The standard InChI is InChI=1S/C9H12NS/c1-3-8-11-9-6-4-5-7-10(9)2/h3-7H,1,8H2,2H3/q+1. The van der Waals surface area contributed by atoms with Gasteiger partial charge >= 0.3 is 0 Å². The molecule has 2 heteroatoms. The first-order valence-corrected chi connectivity index (χ1v) is 4.51. The zero-order valence-corrected chi connectivity index (χ0v) is 7.47. The molecule has 1 heterocycles. The van der Waals surface area contributed by atoms with Gasteiger partial charge < -0.3 is 0 Å². The van der Waals surface area contributed by atoms with Crippen molar-refractivity contribution >= 4 is 11.8 Å². The molecule has 1 rings (SSSR count). The monoisotopic (exact) mass is 166 g/mol. The van der Waals surface area contributed by atoms with Crippen LogP contribution in [0.5, 0.6) is 0 Å². The predicted molar refractivity (Wildman–Crippen MR) is 48.5 cm³/mol. The van der Waals surface area contributed by atoms with Crippen LogP contribution in [0.3, 0.4) is 0 Å². The van der Waals surface area contributed by atoms with Crippen LogP contribution in [0.25, 0.3) is 0 Å². The van der Waals surface area contributed by atoms with Crippen molar-refractivity contribution in [3.8, 4) is 0 Å². The average molecular weight is 166 g/mol. The molecule has 58 valence electrons. The Labute approximate surface area is 71.8 Å². The van der Waals surface area contributed by atoms with Gasteiger partial charge in [0, 0.05) is 17.9 Å². The topological polar surface area (TPSA) is 3.88 Å². The quantitative estimate of drug-likeness (QED) is 0.376. The molecule has 1 aromatic rings. The molecule has 1 aromatic heterocycles. The Bertz CT molecular complexity index is 245. The molecule has 0 aliphatic carbocycles. The van der Waals surface area contributed by atoms with E-state index in [2.05, 4.69) is 17.2 Å². The molecule has 0 saturated carbocycles. The van der Waals surface area contributed by atoms with E-state index in [1.54, 1.807) is 11.8 Å². The second-order valence-electron chi connectivity index (χ2n) is 2.25. The summed E-state index contributed by atoms with van der Waals surface area (Å²) in [4.78, 5) is 0. The van der Waals surface area contributed by atoms with Gasteiger partial charge in [-0.1, -0.05) is 17.8 Å². The summed E-state index contributed by atoms with van der Waals surface area (Å²) < 4.78 is 2.11. The summed E-state index contributed by atoms with van der Waals surface area (Å²) >= 11 is 1.79. The Kier molecular flexibility index (Phi) is 3.17. The highest BCUT2D eigenvalue weighted by Crippen LogP contribution is 2.11. The van der Waals surface area contributed by atoms with Crippen molar-refractivity contribution in [3.63, 3.8) is 0 Å². The van der Waals surface area contributed by atoms with Crippen LogP contribution in [-0.2, 0) is 7.05 Å². The Balaban J connectivity index is 2.69. The van der Waals surface area contributed by atoms with Gasteiger partial charge in [-0.15, -0.1) is 6.58 Å². The largest absolute Gasteiger partial charge is 0.240 e. The summed E-state index contributed by atoms with van der Waals surface area (Å²) in [6.07, 6.45) is 3.96. The zero-order valence-electron chi connectivity index (χ0n) is 6.66. The molecule has 0 unspecified atom stereocenters. The van der Waals surface area contributed by atoms with Gasteiger partial charge in [-0.25, -0.2) is 0 Å². The SMILES string of the molecule is C=CCSc1cccc[n+]1C. The molecule has 0 spiro atoms. The lowest BCUT2D eigenvalue weighted by Crippen LogP contribution is -2.29.